The van der Waals surface area contributed by atoms with Crippen molar-refractivity contribution in [3.8, 4) is 0 Å². The second kappa shape index (κ2) is 5.63. The molecule has 0 saturated carbocycles. The van der Waals surface area contributed by atoms with Crippen molar-refractivity contribution >= 4 is 23.5 Å². The lowest BCUT2D eigenvalue weighted by Gasteiger charge is -2.19. The minimum atomic E-state index is -0.932. The predicted molar refractivity (Wildman–Crippen MR) is 63.0 cm³/mol. The van der Waals surface area contributed by atoms with Gasteiger partial charge in [-0.2, -0.15) is 0 Å². The Bertz CT molecular complexity index is 419. The molecule has 0 aliphatic heterocycles. The first kappa shape index (κ1) is 13.4. The fourth-order valence-electron chi connectivity index (χ4n) is 1.29. The third kappa shape index (κ3) is 3.71. The molecule has 1 rings (SSSR count). The van der Waals surface area contributed by atoms with Gasteiger partial charge in [0, 0.05) is 19.8 Å². The minimum Gasteiger partial charge on any atom is -0.481 e. The highest BCUT2D eigenvalue weighted by Crippen LogP contribution is 2.08. The molecule has 0 fully saturated rings. The average Bonchev–Trinajstić information content (AvgIpc) is 2.28. The summed E-state index contributed by atoms with van der Waals surface area (Å²) in [6.45, 7) is 1.70. The van der Waals surface area contributed by atoms with Crippen molar-refractivity contribution in [1.29, 1.82) is 0 Å². The van der Waals surface area contributed by atoms with Gasteiger partial charge in [0.1, 0.15) is 5.15 Å². The summed E-state index contributed by atoms with van der Waals surface area (Å²) in [5, 5.41) is 9.06. The standard InChI is InChI=1S/C11H13ClN2O3/c1-7(11(16)17)6-14(2)10(15)8-3-4-9(12)13-5-8/h3-5,7H,6H2,1-2H3,(H,16,17). The molecule has 1 N–H and O–H groups in total. The Hall–Kier alpha value is -1.62. The molecule has 0 spiro atoms. The third-order valence-corrected chi connectivity index (χ3v) is 2.51. The van der Waals surface area contributed by atoms with Crippen molar-refractivity contribution < 1.29 is 14.7 Å². The molecular weight excluding hydrogens is 244 g/mol. The Morgan fingerprint density at radius 3 is 2.65 bits per heavy atom. The number of aliphatic carboxylic acids is 1. The van der Waals surface area contributed by atoms with Gasteiger partial charge in [-0.05, 0) is 12.1 Å². The van der Waals surface area contributed by atoms with Crippen LogP contribution in [0.4, 0.5) is 0 Å². The number of carboxylic acids is 1. The third-order valence-electron chi connectivity index (χ3n) is 2.29. The van der Waals surface area contributed by atoms with E-state index < -0.39 is 11.9 Å². The summed E-state index contributed by atoms with van der Waals surface area (Å²) in [6, 6.07) is 3.07. The molecule has 1 aromatic heterocycles. The molecule has 0 saturated heterocycles. The van der Waals surface area contributed by atoms with E-state index in [0.717, 1.165) is 0 Å². The lowest BCUT2D eigenvalue weighted by atomic mass is 10.1. The van der Waals surface area contributed by atoms with Crippen LogP contribution in [0.1, 0.15) is 17.3 Å². The van der Waals surface area contributed by atoms with Crippen molar-refractivity contribution in [1.82, 2.24) is 9.88 Å². The number of halogens is 1. The normalized spacial score (nSPS) is 11.9. The number of rotatable bonds is 4. The molecule has 0 aromatic carbocycles. The number of carbonyl (C=O) groups excluding carboxylic acids is 1. The monoisotopic (exact) mass is 256 g/mol. The minimum absolute atomic E-state index is 0.150. The van der Waals surface area contributed by atoms with Crippen LogP contribution in [-0.4, -0.2) is 40.5 Å². The topological polar surface area (TPSA) is 70.5 Å². The molecule has 1 heterocycles. The highest BCUT2D eigenvalue weighted by Gasteiger charge is 2.18. The van der Waals surface area contributed by atoms with Crippen molar-refractivity contribution in [3.05, 3.63) is 29.0 Å². The zero-order chi connectivity index (χ0) is 13.0. The molecule has 1 amide bonds. The average molecular weight is 257 g/mol. The van der Waals surface area contributed by atoms with Gasteiger partial charge >= 0.3 is 5.97 Å². The van der Waals surface area contributed by atoms with E-state index in [1.807, 2.05) is 0 Å². The zero-order valence-corrected chi connectivity index (χ0v) is 10.3. The van der Waals surface area contributed by atoms with E-state index in [2.05, 4.69) is 4.98 Å². The molecule has 17 heavy (non-hydrogen) atoms. The number of amides is 1. The second-order valence-corrected chi connectivity index (χ2v) is 4.18. The van der Waals surface area contributed by atoms with Gasteiger partial charge in [0.2, 0.25) is 0 Å². The largest absolute Gasteiger partial charge is 0.481 e. The van der Waals surface area contributed by atoms with Crippen LogP contribution < -0.4 is 0 Å². The summed E-state index contributed by atoms with van der Waals surface area (Å²) in [6.07, 6.45) is 1.37. The number of carbonyl (C=O) groups is 2. The van der Waals surface area contributed by atoms with Crippen molar-refractivity contribution in [2.75, 3.05) is 13.6 Å². The van der Waals surface area contributed by atoms with E-state index in [1.165, 1.54) is 17.2 Å². The Morgan fingerprint density at radius 1 is 1.53 bits per heavy atom. The van der Waals surface area contributed by atoms with Crippen LogP contribution in [-0.2, 0) is 4.79 Å². The molecule has 1 aromatic rings. The summed E-state index contributed by atoms with van der Waals surface area (Å²) in [7, 11) is 1.55. The van der Waals surface area contributed by atoms with E-state index in [-0.39, 0.29) is 12.5 Å². The smallest absolute Gasteiger partial charge is 0.308 e. The van der Waals surface area contributed by atoms with Gasteiger partial charge < -0.3 is 10.0 Å². The summed E-state index contributed by atoms with van der Waals surface area (Å²) < 4.78 is 0. The lowest BCUT2D eigenvalue weighted by Crippen LogP contribution is -2.33. The Morgan fingerprint density at radius 2 is 2.18 bits per heavy atom. The van der Waals surface area contributed by atoms with Crippen molar-refractivity contribution in [2.45, 2.75) is 6.92 Å². The maximum Gasteiger partial charge on any atom is 0.308 e. The molecule has 0 radical (unpaired) electrons. The van der Waals surface area contributed by atoms with Crippen LogP contribution in [0.3, 0.4) is 0 Å². The number of carboxylic acid groups (broad SMARTS) is 1. The first-order valence-corrected chi connectivity index (χ1v) is 5.39. The van der Waals surface area contributed by atoms with E-state index in [9.17, 15) is 9.59 Å². The Labute approximate surface area is 104 Å². The lowest BCUT2D eigenvalue weighted by molar-refractivity contribution is -0.141. The highest BCUT2D eigenvalue weighted by molar-refractivity contribution is 6.29. The first-order valence-electron chi connectivity index (χ1n) is 5.01. The molecule has 5 nitrogen and oxygen atoms in total. The van der Waals surface area contributed by atoms with E-state index in [0.29, 0.717) is 10.7 Å². The highest BCUT2D eigenvalue weighted by atomic mass is 35.5. The SMILES string of the molecule is CC(CN(C)C(=O)c1ccc(Cl)nc1)C(=O)O. The zero-order valence-electron chi connectivity index (χ0n) is 9.55. The Balaban J connectivity index is 2.70. The number of hydrogen-bond donors (Lipinski definition) is 1. The molecule has 6 heteroatoms. The molecule has 1 unspecified atom stereocenters. The second-order valence-electron chi connectivity index (χ2n) is 3.79. The van der Waals surface area contributed by atoms with Gasteiger partial charge in [0.25, 0.3) is 5.91 Å². The van der Waals surface area contributed by atoms with Gasteiger partial charge in [-0.1, -0.05) is 18.5 Å². The maximum atomic E-state index is 11.9. The maximum absolute atomic E-state index is 11.9. The number of hydrogen-bond acceptors (Lipinski definition) is 3. The van der Waals surface area contributed by atoms with E-state index >= 15 is 0 Å². The molecule has 92 valence electrons. The van der Waals surface area contributed by atoms with Crippen LogP contribution >= 0.6 is 11.6 Å². The molecule has 1 atom stereocenters. The quantitative estimate of drug-likeness (QED) is 0.830. The van der Waals surface area contributed by atoms with Gasteiger partial charge in [-0.3, -0.25) is 9.59 Å². The molecule has 0 bridgehead atoms. The van der Waals surface area contributed by atoms with Crippen LogP contribution in [0.25, 0.3) is 0 Å². The Kier molecular flexibility index (Phi) is 4.45. The molecule has 0 aliphatic rings. The van der Waals surface area contributed by atoms with Crippen LogP contribution in [0, 0.1) is 5.92 Å². The fourth-order valence-corrected chi connectivity index (χ4v) is 1.41. The van der Waals surface area contributed by atoms with Crippen molar-refractivity contribution in [3.63, 3.8) is 0 Å². The van der Waals surface area contributed by atoms with Gasteiger partial charge in [-0.15, -0.1) is 0 Å². The van der Waals surface area contributed by atoms with Gasteiger partial charge in [0.05, 0.1) is 11.5 Å². The predicted octanol–water partition coefficient (Wildman–Crippen LogP) is 1.53. The first-order chi connectivity index (χ1) is 7.91. The summed E-state index contributed by atoms with van der Waals surface area (Å²) in [5.74, 6) is -1.81. The number of aromatic nitrogens is 1. The van der Waals surface area contributed by atoms with Crippen LogP contribution in [0.5, 0.6) is 0 Å². The van der Waals surface area contributed by atoms with Crippen LogP contribution in [0.2, 0.25) is 5.15 Å². The summed E-state index contributed by atoms with van der Waals surface area (Å²) in [5.41, 5.74) is 0.384. The van der Waals surface area contributed by atoms with E-state index in [4.69, 9.17) is 16.7 Å². The van der Waals surface area contributed by atoms with Crippen molar-refractivity contribution in [2.24, 2.45) is 5.92 Å². The number of nitrogens with zero attached hydrogens (tertiary/aromatic N) is 2. The van der Waals surface area contributed by atoms with Crippen LogP contribution in [0.15, 0.2) is 18.3 Å². The van der Waals surface area contributed by atoms with E-state index in [1.54, 1.807) is 20.0 Å². The fraction of sp³-hybridized carbons (Fsp3) is 0.364. The van der Waals surface area contributed by atoms with Gasteiger partial charge in [-0.25, -0.2) is 4.98 Å². The molecule has 0 aliphatic carbocycles. The van der Waals surface area contributed by atoms with Gasteiger partial charge in [0.15, 0.2) is 0 Å². The summed E-state index contributed by atoms with van der Waals surface area (Å²) >= 11 is 5.61. The summed E-state index contributed by atoms with van der Waals surface area (Å²) in [4.78, 5) is 27.7. The molecular formula is C11H13ClN2O3. The number of pyridine rings is 1.